The maximum absolute atomic E-state index is 12.5. The highest BCUT2D eigenvalue weighted by Crippen LogP contribution is 2.40. The number of alkyl halides is 3. The smallest absolute Gasteiger partial charge is 0.360 e. The zero-order chi connectivity index (χ0) is 16.6. The van der Waals surface area contributed by atoms with Gasteiger partial charge >= 0.3 is 6.18 Å². The number of rotatable bonds is 4. The summed E-state index contributed by atoms with van der Waals surface area (Å²) < 4.78 is 42.5. The lowest BCUT2D eigenvalue weighted by atomic mass is 10.1. The Labute approximate surface area is 129 Å². The van der Waals surface area contributed by atoms with E-state index in [9.17, 15) is 18.0 Å². The molecule has 1 aliphatic carbocycles. The van der Waals surface area contributed by atoms with Gasteiger partial charge in [-0.25, -0.2) is 0 Å². The summed E-state index contributed by atoms with van der Waals surface area (Å²) in [6, 6.07) is 3.28. The fraction of sp³-hybridized carbons (Fsp3) is 0.400. The van der Waals surface area contributed by atoms with Crippen molar-refractivity contribution in [1.82, 2.24) is 15.5 Å². The molecule has 1 atom stereocenters. The van der Waals surface area contributed by atoms with Crippen LogP contribution < -0.4 is 5.32 Å². The summed E-state index contributed by atoms with van der Waals surface area (Å²) in [5.74, 6) is 0.604. The van der Waals surface area contributed by atoms with Crippen molar-refractivity contribution in [2.75, 3.05) is 0 Å². The highest BCUT2D eigenvalue weighted by Gasteiger charge is 2.32. The van der Waals surface area contributed by atoms with E-state index in [0.717, 1.165) is 25.1 Å². The Morgan fingerprint density at radius 1 is 1.39 bits per heavy atom. The van der Waals surface area contributed by atoms with Crippen molar-refractivity contribution in [2.45, 2.75) is 37.9 Å². The molecular formula is C15H14F3N3O2. The maximum atomic E-state index is 12.5. The molecule has 0 unspecified atom stereocenters. The molecule has 0 aromatic carbocycles. The Morgan fingerprint density at radius 3 is 2.70 bits per heavy atom. The van der Waals surface area contributed by atoms with Crippen LogP contribution in [0.15, 0.2) is 28.9 Å². The number of carbonyl (C=O) groups is 1. The van der Waals surface area contributed by atoms with Crippen LogP contribution in [0.1, 0.15) is 59.2 Å². The van der Waals surface area contributed by atoms with Crippen LogP contribution >= 0.6 is 0 Å². The topological polar surface area (TPSA) is 68.0 Å². The average Bonchev–Trinajstić information content (AvgIpc) is 3.23. The summed E-state index contributed by atoms with van der Waals surface area (Å²) in [5.41, 5.74) is -0.332. The molecule has 0 saturated heterocycles. The van der Waals surface area contributed by atoms with Crippen molar-refractivity contribution >= 4 is 5.91 Å². The number of carbonyl (C=O) groups excluding carboxylic acids is 1. The van der Waals surface area contributed by atoms with Gasteiger partial charge in [0.05, 0.1) is 6.04 Å². The third-order valence-corrected chi connectivity index (χ3v) is 3.67. The minimum atomic E-state index is -4.48. The highest BCUT2D eigenvalue weighted by molar-refractivity contribution is 5.92. The number of nitrogens with zero attached hydrogens (tertiary/aromatic N) is 2. The fourth-order valence-corrected chi connectivity index (χ4v) is 2.14. The summed E-state index contributed by atoms with van der Waals surface area (Å²) in [7, 11) is 0. The Balaban J connectivity index is 1.65. The van der Waals surface area contributed by atoms with Gasteiger partial charge in [0, 0.05) is 18.2 Å². The van der Waals surface area contributed by atoms with Crippen LogP contribution in [0.3, 0.4) is 0 Å². The number of hydrogen-bond acceptors (Lipinski definition) is 4. The van der Waals surface area contributed by atoms with E-state index in [1.165, 1.54) is 6.07 Å². The van der Waals surface area contributed by atoms with E-state index in [1.54, 1.807) is 13.0 Å². The number of pyridine rings is 1. The van der Waals surface area contributed by atoms with Crippen LogP contribution in [0.5, 0.6) is 0 Å². The van der Waals surface area contributed by atoms with Gasteiger partial charge in [-0.2, -0.15) is 13.2 Å². The first kappa shape index (κ1) is 15.5. The number of aromatic nitrogens is 2. The maximum Gasteiger partial charge on any atom is 0.433 e. The molecule has 5 nitrogen and oxygen atoms in total. The van der Waals surface area contributed by atoms with Crippen molar-refractivity contribution < 1.29 is 22.5 Å². The summed E-state index contributed by atoms with van der Waals surface area (Å²) in [5, 5.41) is 6.38. The molecule has 1 fully saturated rings. The van der Waals surface area contributed by atoms with Gasteiger partial charge in [0.2, 0.25) is 0 Å². The Bertz CT molecular complexity index is 706. The lowest BCUT2D eigenvalue weighted by Gasteiger charge is -2.14. The van der Waals surface area contributed by atoms with Gasteiger partial charge in [-0.1, -0.05) is 11.2 Å². The fourth-order valence-electron chi connectivity index (χ4n) is 2.14. The van der Waals surface area contributed by atoms with E-state index in [0.29, 0.717) is 17.2 Å². The van der Waals surface area contributed by atoms with Gasteiger partial charge < -0.3 is 9.84 Å². The molecule has 0 radical (unpaired) electrons. The molecule has 0 aliphatic heterocycles. The SMILES string of the molecule is C[C@@H](NC(=O)c1cc(C2CC2)on1)c1ccc(C(F)(F)F)nc1. The number of nitrogens with one attached hydrogen (secondary N) is 1. The Hall–Kier alpha value is -2.38. The van der Waals surface area contributed by atoms with Crippen molar-refractivity contribution in [1.29, 1.82) is 0 Å². The number of amides is 1. The lowest BCUT2D eigenvalue weighted by Crippen LogP contribution is -2.27. The highest BCUT2D eigenvalue weighted by atomic mass is 19.4. The van der Waals surface area contributed by atoms with Crippen molar-refractivity contribution in [3.63, 3.8) is 0 Å². The van der Waals surface area contributed by atoms with E-state index >= 15 is 0 Å². The molecule has 23 heavy (non-hydrogen) atoms. The largest absolute Gasteiger partial charge is 0.433 e. The van der Waals surface area contributed by atoms with E-state index < -0.39 is 23.8 Å². The molecule has 2 heterocycles. The first-order valence-corrected chi connectivity index (χ1v) is 7.15. The van der Waals surface area contributed by atoms with E-state index in [4.69, 9.17) is 4.52 Å². The molecule has 1 amide bonds. The van der Waals surface area contributed by atoms with Gasteiger partial charge in [0.1, 0.15) is 11.5 Å². The second-order valence-electron chi connectivity index (χ2n) is 5.56. The third kappa shape index (κ3) is 3.52. The predicted octanol–water partition coefficient (Wildman–Crippen LogP) is 3.46. The molecule has 2 aromatic rings. The zero-order valence-corrected chi connectivity index (χ0v) is 12.2. The molecule has 0 spiro atoms. The lowest BCUT2D eigenvalue weighted by molar-refractivity contribution is -0.141. The van der Waals surface area contributed by atoms with Crippen LogP contribution in [0.25, 0.3) is 0 Å². The second-order valence-corrected chi connectivity index (χ2v) is 5.56. The van der Waals surface area contributed by atoms with Crippen molar-refractivity contribution in [3.05, 3.63) is 47.1 Å². The third-order valence-electron chi connectivity index (χ3n) is 3.67. The van der Waals surface area contributed by atoms with Gasteiger partial charge in [-0.05, 0) is 31.4 Å². The first-order chi connectivity index (χ1) is 10.8. The molecule has 1 N–H and O–H groups in total. The summed E-state index contributed by atoms with van der Waals surface area (Å²) in [6.07, 6.45) is -1.31. The quantitative estimate of drug-likeness (QED) is 0.935. The monoisotopic (exact) mass is 325 g/mol. The second kappa shape index (κ2) is 5.68. The molecule has 0 bridgehead atoms. The molecule has 122 valence electrons. The summed E-state index contributed by atoms with van der Waals surface area (Å²) in [6.45, 7) is 1.66. The summed E-state index contributed by atoms with van der Waals surface area (Å²) >= 11 is 0. The van der Waals surface area contributed by atoms with Crippen molar-refractivity contribution in [2.24, 2.45) is 0 Å². The minimum absolute atomic E-state index is 0.165. The number of halogens is 3. The van der Waals surface area contributed by atoms with Crippen LogP contribution in [-0.4, -0.2) is 16.0 Å². The normalized spacial score (nSPS) is 16.2. The molecule has 3 rings (SSSR count). The van der Waals surface area contributed by atoms with Gasteiger partial charge in [-0.15, -0.1) is 0 Å². The minimum Gasteiger partial charge on any atom is -0.360 e. The predicted molar refractivity (Wildman–Crippen MR) is 73.6 cm³/mol. The standard InChI is InChI=1S/C15H14F3N3O2/c1-8(10-4-5-13(19-7-10)15(16,17)18)20-14(22)11-6-12(23-21-11)9-2-3-9/h4-9H,2-3H2,1H3,(H,20,22)/t8-/m1/s1. The van der Waals surface area contributed by atoms with Gasteiger partial charge in [0.25, 0.3) is 5.91 Å². The Morgan fingerprint density at radius 2 is 2.13 bits per heavy atom. The van der Waals surface area contributed by atoms with E-state index in [2.05, 4.69) is 15.5 Å². The van der Waals surface area contributed by atoms with Crippen LogP contribution in [-0.2, 0) is 6.18 Å². The van der Waals surface area contributed by atoms with Crippen molar-refractivity contribution in [3.8, 4) is 0 Å². The summed E-state index contributed by atoms with van der Waals surface area (Å²) in [4.78, 5) is 15.5. The molecule has 8 heteroatoms. The van der Waals surface area contributed by atoms with E-state index in [-0.39, 0.29) is 5.69 Å². The average molecular weight is 325 g/mol. The van der Waals surface area contributed by atoms with Crippen LogP contribution in [0.4, 0.5) is 13.2 Å². The Kier molecular flexibility index (Phi) is 3.83. The zero-order valence-electron chi connectivity index (χ0n) is 12.2. The van der Waals surface area contributed by atoms with Crippen LogP contribution in [0.2, 0.25) is 0 Å². The van der Waals surface area contributed by atoms with Gasteiger partial charge in [-0.3, -0.25) is 9.78 Å². The van der Waals surface area contributed by atoms with E-state index in [1.807, 2.05) is 0 Å². The van der Waals surface area contributed by atoms with Crippen LogP contribution in [0, 0.1) is 0 Å². The molecular weight excluding hydrogens is 311 g/mol. The first-order valence-electron chi connectivity index (χ1n) is 7.15. The van der Waals surface area contributed by atoms with Gasteiger partial charge in [0.15, 0.2) is 5.69 Å². The molecule has 1 aliphatic rings. The molecule has 2 aromatic heterocycles. The molecule has 1 saturated carbocycles. The number of hydrogen-bond donors (Lipinski definition) is 1.